The fraction of sp³-hybridized carbons (Fsp3) is 0.333. The summed E-state index contributed by atoms with van der Waals surface area (Å²) in [5.74, 6) is -0.338. The average Bonchev–Trinajstić information content (AvgIpc) is 2.36. The standard InChI is InChI=1S/C12H15ClN2O3/c1-14-11(16)10(15(2)12(17)18)7-8-3-5-9(13)6-4-8/h3-6,10H,7H2,1-2H3,(H,14,16)(H,17,18)/t10-/m1/s1. The molecule has 0 spiro atoms. The lowest BCUT2D eigenvalue weighted by Crippen LogP contribution is -2.47. The Bertz CT molecular complexity index is 433. The lowest BCUT2D eigenvalue weighted by molar-refractivity contribution is -0.124. The SMILES string of the molecule is CNC(=O)[C@@H](Cc1ccc(Cl)cc1)N(C)C(=O)O. The van der Waals surface area contributed by atoms with Crippen molar-refractivity contribution in [3.8, 4) is 0 Å². The molecule has 2 amide bonds. The Hall–Kier alpha value is -1.75. The van der Waals surface area contributed by atoms with Crippen LogP contribution in [0.1, 0.15) is 5.56 Å². The molecule has 1 aromatic carbocycles. The smallest absolute Gasteiger partial charge is 0.407 e. The van der Waals surface area contributed by atoms with Gasteiger partial charge in [-0.2, -0.15) is 0 Å². The second-order valence-corrected chi connectivity index (χ2v) is 4.29. The maximum atomic E-state index is 11.7. The van der Waals surface area contributed by atoms with Gasteiger partial charge in [-0.1, -0.05) is 23.7 Å². The van der Waals surface area contributed by atoms with E-state index in [9.17, 15) is 9.59 Å². The molecule has 0 bridgehead atoms. The van der Waals surface area contributed by atoms with Crippen molar-refractivity contribution >= 4 is 23.6 Å². The fourth-order valence-electron chi connectivity index (χ4n) is 1.55. The molecule has 0 aromatic heterocycles. The largest absolute Gasteiger partial charge is 0.465 e. The number of carbonyl (C=O) groups is 2. The number of nitrogens with one attached hydrogen (secondary N) is 1. The molecule has 5 nitrogen and oxygen atoms in total. The van der Waals surface area contributed by atoms with Crippen LogP contribution in [0.4, 0.5) is 4.79 Å². The van der Waals surface area contributed by atoms with E-state index in [1.807, 2.05) is 0 Å². The van der Waals surface area contributed by atoms with Crippen LogP contribution in [0.5, 0.6) is 0 Å². The molecule has 0 heterocycles. The lowest BCUT2D eigenvalue weighted by Gasteiger charge is -2.24. The van der Waals surface area contributed by atoms with Crippen LogP contribution < -0.4 is 5.32 Å². The van der Waals surface area contributed by atoms with Gasteiger partial charge in [0.05, 0.1) is 0 Å². The number of carbonyl (C=O) groups excluding carboxylic acids is 1. The van der Waals surface area contributed by atoms with Gasteiger partial charge in [0.15, 0.2) is 0 Å². The zero-order valence-electron chi connectivity index (χ0n) is 10.2. The number of hydrogen-bond acceptors (Lipinski definition) is 2. The molecule has 0 fully saturated rings. The highest BCUT2D eigenvalue weighted by Crippen LogP contribution is 2.13. The van der Waals surface area contributed by atoms with Crippen LogP contribution in [0, 0.1) is 0 Å². The molecule has 0 saturated carbocycles. The van der Waals surface area contributed by atoms with Gasteiger partial charge < -0.3 is 10.4 Å². The topological polar surface area (TPSA) is 69.6 Å². The minimum absolute atomic E-state index is 0.305. The zero-order chi connectivity index (χ0) is 13.7. The van der Waals surface area contributed by atoms with E-state index < -0.39 is 12.1 Å². The Morgan fingerprint density at radius 2 is 1.94 bits per heavy atom. The van der Waals surface area contributed by atoms with E-state index in [2.05, 4.69) is 5.32 Å². The Kier molecular flexibility index (Phi) is 4.97. The van der Waals surface area contributed by atoms with Crippen molar-refractivity contribution in [3.05, 3.63) is 34.9 Å². The summed E-state index contributed by atoms with van der Waals surface area (Å²) < 4.78 is 0. The summed E-state index contributed by atoms with van der Waals surface area (Å²) in [5.41, 5.74) is 0.848. The van der Waals surface area contributed by atoms with Crippen LogP contribution in [0.25, 0.3) is 0 Å². The van der Waals surface area contributed by atoms with Gasteiger partial charge in [-0.25, -0.2) is 4.79 Å². The van der Waals surface area contributed by atoms with Crippen LogP contribution in [-0.4, -0.2) is 42.1 Å². The summed E-state index contributed by atoms with van der Waals surface area (Å²) in [4.78, 5) is 23.6. The number of halogens is 1. The molecular formula is C12H15ClN2O3. The van der Waals surface area contributed by atoms with Crippen molar-refractivity contribution in [2.75, 3.05) is 14.1 Å². The van der Waals surface area contributed by atoms with Gasteiger partial charge in [-0.05, 0) is 17.7 Å². The number of amides is 2. The summed E-state index contributed by atoms with van der Waals surface area (Å²) in [6.45, 7) is 0. The molecule has 0 radical (unpaired) electrons. The second-order valence-electron chi connectivity index (χ2n) is 3.85. The molecular weight excluding hydrogens is 256 g/mol. The van der Waals surface area contributed by atoms with Gasteiger partial charge >= 0.3 is 6.09 Å². The van der Waals surface area contributed by atoms with Crippen LogP contribution in [-0.2, 0) is 11.2 Å². The fourth-order valence-corrected chi connectivity index (χ4v) is 1.68. The first-order chi connectivity index (χ1) is 8.45. The number of carboxylic acid groups (broad SMARTS) is 1. The first-order valence-corrected chi connectivity index (χ1v) is 5.75. The third-order valence-corrected chi connectivity index (χ3v) is 2.91. The highest BCUT2D eigenvalue weighted by molar-refractivity contribution is 6.30. The van der Waals surface area contributed by atoms with Crippen molar-refractivity contribution in [1.29, 1.82) is 0 Å². The molecule has 1 aromatic rings. The quantitative estimate of drug-likeness (QED) is 0.873. The van der Waals surface area contributed by atoms with Gasteiger partial charge in [-0.15, -0.1) is 0 Å². The van der Waals surface area contributed by atoms with Crippen LogP contribution in [0.2, 0.25) is 5.02 Å². The molecule has 0 unspecified atom stereocenters. The lowest BCUT2D eigenvalue weighted by atomic mass is 10.0. The Labute approximate surface area is 110 Å². The molecule has 0 aliphatic rings. The third-order valence-electron chi connectivity index (χ3n) is 2.66. The molecule has 0 aliphatic heterocycles. The Balaban J connectivity index is 2.88. The van der Waals surface area contributed by atoms with E-state index in [1.165, 1.54) is 14.1 Å². The van der Waals surface area contributed by atoms with E-state index in [0.29, 0.717) is 11.4 Å². The molecule has 1 rings (SSSR count). The van der Waals surface area contributed by atoms with Crippen LogP contribution in [0.3, 0.4) is 0 Å². The van der Waals surface area contributed by atoms with E-state index in [4.69, 9.17) is 16.7 Å². The van der Waals surface area contributed by atoms with Gasteiger partial charge in [-0.3, -0.25) is 9.69 Å². The number of hydrogen-bond donors (Lipinski definition) is 2. The van der Waals surface area contributed by atoms with E-state index >= 15 is 0 Å². The summed E-state index contributed by atoms with van der Waals surface area (Å²) in [5, 5.41) is 12.0. The monoisotopic (exact) mass is 270 g/mol. The second kappa shape index (κ2) is 6.26. The van der Waals surface area contributed by atoms with Crippen molar-refractivity contribution in [1.82, 2.24) is 10.2 Å². The first-order valence-electron chi connectivity index (χ1n) is 5.37. The predicted molar refractivity (Wildman–Crippen MR) is 68.8 cm³/mol. The highest BCUT2D eigenvalue weighted by atomic mass is 35.5. The van der Waals surface area contributed by atoms with E-state index in [1.54, 1.807) is 24.3 Å². The summed E-state index contributed by atoms with van der Waals surface area (Å²) >= 11 is 5.77. The molecule has 98 valence electrons. The van der Waals surface area contributed by atoms with E-state index in [-0.39, 0.29) is 5.91 Å². The average molecular weight is 271 g/mol. The molecule has 2 N–H and O–H groups in total. The minimum atomic E-state index is -1.14. The third kappa shape index (κ3) is 3.63. The zero-order valence-corrected chi connectivity index (χ0v) is 10.9. The van der Waals surface area contributed by atoms with Gasteiger partial charge in [0.1, 0.15) is 6.04 Å². The van der Waals surface area contributed by atoms with Crippen LogP contribution >= 0.6 is 11.6 Å². The summed E-state index contributed by atoms with van der Waals surface area (Å²) in [6.07, 6.45) is -0.836. The van der Waals surface area contributed by atoms with Gasteiger partial charge in [0.25, 0.3) is 0 Å². The number of likely N-dealkylation sites (N-methyl/N-ethyl adjacent to an activating group) is 2. The Morgan fingerprint density at radius 1 is 1.39 bits per heavy atom. The van der Waals surface area contributed by atoms with Gasteiger partial charge in [0, 0.05) is 25.5 Å². The van der Waals surface area contributed by atoms with Gasteiger partial charge in [0.2, 0.25) is 5.91 Å². The Morgan fingerprint density at radius 3 is 2.39 bits per heavy atom. The summed E-state index contributed by atoms with van der Waals surface area (Å²) in [7, 11) is 2.85. The molecule has 0 aliphatic carbocycles. The van der Waals surface area contributed by atoms with Crippen molar-refractivity contribution in [3.63, 3.8) is 0 Å². The maximum Gasteiger partial charge on any atom is 0.407 e. The number of benzene rings is 1. The van der Waals surface area contributed by atoms with Crippen molar-refractivity contribution in [2.24, 2.45) is 0 Å². The number of nitrogens with zero attached hydrogens (tertiary/aromatic N) is 1. The minimum Gasteiger partial charge on any atom is -0.465 e. The van der Waals surface area contributed by atoms with Crippen molar-refractivity contribution < 1.29 is 14.7 Å². The highest BCUT2D eigenvalue weighted by Gasteiger charge is 2.25. The number of rotatable bonds is 4. The maximum absolute atomic E-state index is 11.7. The first kappa shape index (κ1) is 14.3. The predicted octanol–water partition coefficient (Wildman–Crippen LogP) is 1.61. The molecule has 1 atom stereocenters. The van der Waals surface area contributed by atoms with Crippen LogP contribution in [0.15, 0.2) is 24.3 Å². The normalized spacial score (nSPS) is 11.7. The summed E-state index contributed by atoms with van der Waals surface area (Å²) in [6, 6.07) is 6.20. The molecule has 6 heteroatoms. The van der Waals surface area contributed by atoms with Crippen molar-refractivity contribution in [2.45, 2.75) is 12.5 Å². The molecule has 18 heavy (non-hydrogen) atoms. The molecule has 0 saturated heterocycles. The van der Waals surface area contributed by atoms with E-state index in [0.717, 1.165) is 10.5 Å².